The Morgan fingerprint density at radius 1 is 1.33 bits per heavy atom. The first-order chi connectivity index (χ1) is 11.4. The van der Waals surface area contributed by atoms with E-state index in [1.807, 2.05) is 18.8 Å². The van der Waals surface area contributed by atoms with Crippen LogP contribution < -0.4 is 5.32 Å². The van der Waals surface area contributed by atoms with Gasteiger partial charge in [0.25, 0.3) is 0 Å². The Morgan fingerprint density at radius 3 is 2.62 bits per heavy atom. The van der Waals surface area contributed by atoms with Crippen LogP contribution in [0.5, 0.6) is 0 Å². The van der Waals surface area contributed by atoms with E-state index < -0.39 is 0 Å². The van der Waals surface area contributed by atoms with Crippen LogP contribution in [-0.4, -0.2) is 66.3 Å². The SMILES string of the molecule is CCCCN(C)CCNC(=NC)N(C)Cc1cn(C)nc1C(C)C. The molecule has 1 N–H and O–H groups in total. The summed E-state index contributed by atoms with van der Waals surface area (Å²) in [7, 11) is 8.07. The van der Waals surface area contributed by atoms with Crippen molar-refractivity contribution in [2.45, 2.75) is 46.1 Å². The Kier molecular flexibility index (Phi) is 8.82. The van der Waals surface area contributed by atoms with Gasteiger partial charge in [-0.1, -0.05) is 27.2 Å². The molecule has 24 heavy (non-hydrogen) atoms. The molecule has 0 spiro atoms. The van der Waals surface area contributed by atoms with Gasteiger partial charge in [-0.05, 0) is 25.9 Å². The zero-order valence-corrected chi connectivity index (χ0v) is 16.6. The maximum absolute atomic E-state index is 4.59. The highest BCUT2D eigenvalue weighted by atomic mass is 15.3. The van der Waals surface area contributed by atoms with Crippen LogP contribution >= 0.6 is 0 Å². The van der Waals surface area contributed by atoms with E-state index in [0.29, 0.717) is 5.92 Å². The van der Waals surface area contributed by atoms with Crippen LogP contribution in [0.1, 0.15) is 50.8 Å². The number of nitrogens with one attached hydrogen (secondary N) is 1. The lowest BCUT2D eigenvalue weighted by Crippen LogP contribution is -2.41. The number of hydrogen-bond acceptors (Lipinski definition) is 3. The Bertz CT molecular complexity index is 506. The first kappa shape index (κ1) is 20.5. The summed E-state index contributed by atoms with van der Waals surface area (Å²) < 4.78 is 1.90. The largest absolute Gasteiger partial charge is 0.355 e. The van der Waals surface area contributed by atoms with Gasteiger partial charge in [0.2, 0.25) is 0 Å². The second-order valence-corrected chi connectivity index (χ2v) is 6.85. The molecule has 1 heterocycles. The fourth-order valence-electron chi connectivity index (χ4n) is 2.78. The number of nitrogens with zero attached hydrogens (tertiary/aromatic N) is 5. The number of rotatable bonds is 9. The first-order valence-corrected chi connectivity index (χ1v) is 9.01. The van der Waals surface area contributed by atoms with E-state index in [9.17, 15) is 0 Å². The third-order valence-electron chi connectivity index (χ3n) is 4.13. The molecule has 1 rings (SSSR count). The van der Waals surface area contributed by atoms with Gasteiger partial charge in [-0.25, -0.2) is 0 Å². The molecule has 0 unspecified atom stereocenters. The van der Waals surface area contributed by atoms with Crippen molar-refractivity contribution in [3.05, 3.63) is 17.5 Å². The number of hydrogen-bond donors (Lipinski definition) is 1. The smallest absolute Gasteiger partial charge is 0.193 e. The quantitative estimate of drug-likeness (QED) is 0.555. The topological polar surface area (TPSA) is 48.7 Å². The Hall–Kier alpha value is -1.56. The number of unbranched alkanes of at least 4 members (excludes halogenated alkanes) is 1. The lowest BCUT2D eigenvalue weighted by molar-refractivity contribution is 0.329. The first-order valence-electron chi connectivity index (χ1n) is 9.01. The minimum Gasteiger partial charge on any atom is -0.355 e. The Morgan fingerprint density at radius 2 is 2.04 bits per heavy atom. The molecule has 0 radical (unpaired) electrons. The third-order valence-corrected chi connectivity index (χ3v) is 4.13. The van der Waals surface area contributed by atoms with Crippen LogP contribution in [0.4, 0.5) is 0 Å². The average molecular weight is 337 g/mol. The number of likely N-dealkylation sites (N-methyl/N-ethyl adjacent to an activating group) is 1. The second kappa shape index (κ2) is 10.3. The molecule has 1 aromatic heterocycles. The molecule has 0 aliphatic rings. The average Bonchev–Trinajstić information content (AvgIpc) is 2.90. The number of aromatic nitrogens is 2. The van der Waals surface area contributed by atoms with Crippen molar-refractivity contribution >= 4 is 5.96 Å². The van der Waals surface area contributed by atoms with Crippen LogP contribution in [0, 0.1) is 0 Å². The lowest BCUT2D eigenvalue weighted by Gasteiger charge is -2.24. The van der Waals surface area contributed by atoms with Gasteiger partial charge < -0.3 is 15.1 Å². The van der Waals surface area contributed by atoms with Gasteiger partial charge >= 0.3 is 0 Å². The Labute approximate surface area is 147 Å². The van der Waals surface area contributed by atoms with E-state index in [-0.39, 0.29) is 0 Å². The van der Waals surface area contributed by atoms with Gasteiger partial charge in [-0.2, -0.15) is 5.10 Å². The van der Waals surface area contributed by atoms with Crippen LogP contribution in [0.2, 0.25) is 0 Å². The standard InChI is InChI=1S/C18H36N6/c1-8-9-11-22(5)12-10-20-18(19-4)23(6)13-16-14-24(7)21-17(16)15(2)3/h14-15H,8-13H2,1-7H3,(H,19,20). The molecule has 6 nitrogen and oxygen atoms in total. The zero-order valence-electron chi connectivity index (χ0n) is 16.6. The molecule has 1 aromatic rings. The molecular weight excluding hydrogens is 300 g/mol. The molecule has 0 aliphatic carbocycles. The minimum atomic E-state index is 0.428. The normalized spacial score (nSPS) is 12.3. The molecule has 6 heteroatoms. The van der Waals surface area contributed by atoms with Crippen molar-refractivity contribution in [2.75, 3.05) is 40.8 Å². The van der Waals surface area contributed by atoms with Gasteiger partial charge in [0.15, 0.2) is 5.96 Å². The van der Waals surface area contributed by atoms with Crippen LogP contribution in [0.25, 0.3) is 0 Å². The molecule has 0 saturated carbocycles. The van der Waals surface area contributed by atoms with E-state index >= 15 is 0 Å². The fourth-order valence-corrected chi connectivity index (χ4v) is 2.78. The zero-order chi connectivity index (χ0) is 18.1. The van der Waals surface area contributed by atoms with E-state index in [4.69, 9.17) is 0 Å². The molecule has 138 valence electrons. The molecule has 0 amide bonds. The number of guanidine groups is 1. The minimum absolute atomic E-state index is 0.428. The molecule has 0 fully saturated rings. The summed E-state index contributed by atoms with van der Waals surface area (Å²) in [6.07, 6.45) is 4.60. The molecule has 0 aliphatic heterocycles. The van der Waals surface area contributed by atoms with Crippen molar-refractivity contribution < 1.29 is 0 Å². The summed E-state index contributed by atoms with van der Waals surface area (Å²) in [6, 6.07) is 0. The molecule has 0 saturated heterocycles. The number of aryl methyl sites for hydroxylation is 1. The molecule has 0 aromatic carbocycles. The van der Waals surface area contributed by atoms with Gasteiger partial charge in [0.05, 0.1) is 5.69 Å². The van der Waals surface area contributed by atoms with Gasteiger partial charge in [-0.15, -0.1) is 0 Å². The highest BCUT2D eigenvalue weighted by molar-refractivity contribution is 5.79. The summed E-state index contributed by atoms with van der Waals surface area (Å²) in [5, 5.41) is 8.04. The van der Waals surface area contributed by atoms with Gasteiger partial charge in [0.1, 0.15) is 0 Å². The predicted octanol–water partition coefficient (Wildman–Crippen LogP) is 2.28. The van der Waals surface area contributed by atoms with Crippen molar-refractivity contribution in [1.82, 2.24) is 24.9 Å². The van der Waals surface area contributed by atoms with E-state index in [1.54, 1.807) is 0 Å². The predicted molar refractivity (Wildman–Crippen MR) is 103 cm³/mol. The summed E-state index contributed by atoms with van der Waals surface area (Å²) >= 11 is 0. The lowest BCUT2D eigenvalue weighted by atomic mass is 10.1. The van der Waals surface area contributed by atoms with Crippen molar-refractivity contribution in [1.29, 1.82) is 0 Å². The maximum Gasteiger partial charge on any atom is 0.193 e. The molecule has 0 atom stereocenters. The third kappa shape index (κ3) is 6.51. The number of aliphatic imine (C=N–C) groups is 1. The fraction of sp³-hybridized carbons (Fsp3) is 0.778. The van der Waals surface area contributed by atoms with Crippen LogP contribution in [0.3, 0.4) is 0 Å². The Balaban J connectivity index is 2.54. The maximum atomic E-state index is 4.59. The monoisotopic (exact) mass is 336 g/mol. The van der Waals surface area contributed by atoms with Gasteiger partial charge in [-0.3, -0.25) is 9.67 Å². The van der Waals surface area contributed by atoms with E-state index in [1.165, 1.54) is 24.1 Å². The van der Waals surface area contributed by atoms with Gasteiger partial charge in [0, 0.05) is 52.5 Å². The summed E-state index contributed by atoms with van der Waals surface area (Å²) in [5.74, 6) is 1.36. The molecule has 0 bridgehead atoms. The summed E-state index contributed by atoms with van der Waals surface area (Å²) in [6.45, 7) is 10.5. The highest BCUT2D eigenvalue weighted by Crippen LogP contribution is 2.18. The second-order valence-electron chi connectivity index (χ2n) is 6.85. The van der Waals surface area contributed by atoms with Crippen molar-refractivity contribution in [3.63, 3.8) is 0 Å². The van der Waals surface area contributed by atoms with Crippen molar-refractivity contribution in [2.24, 2.45) is 12.0 Å². The molecular formula is C18H36N6. The highest BCUT2D eigenvalue weighted by Gasteiger charge is 2.15. The van der Waals surface area contributed by atoms with Crippen LogP contribution in [0.15, 0.2) is 11.2 Å². The summed E-state index contributed by atoms with van der Waals surface area (Å²) in [5.41, 5.74) is 2.43. The van der Waals surface area contributed by atoms with Crippen LogP contribution in [-0.2, 0) is 13.6 Å². The van der Waals surface area contributed by atoms with E-state index in [0.717, 1.165) is 32.1 Å². The van der Waals surface area contributed by atoms with Crippen molar-refractivity contribution in [3.8, 4) is 0 Å². The summed E-state index contributed by atoms with van der Waals surface area (Å²) in [4.78, 5) is 8.93. The van der Waals surface area contributed by atoms with E-state index in [2.05, 4.69) is 66.3 Å².